The Kier molecular flexibility index (Phi) is 8.14. The van der Waals surface area contributed by atoms with Crippen molar-refractivity contribution in [1.82, 2.24) is 10.9 Å². The molecule has 1 unspecified atom stereocenters. The first-order valence-electron chi connectivity index (χ1n) is 7.51. The average molecular weight is 327 g/mol. The summed E-state index contributed by atoms with van der Waals surface area (Å²) in [4.78, 5) is 22.0. The lowest BCUT2D eigenvalue weighted by molar-refractivity contribution is -0.386. The van der Waals surface area contributed by atoms with E-state index in [0.29, 0.717) is 24.8 Å². The van der Waals surface area contributed by atoms with Gasteiger partial charge >= 0.3 is 0 Å². The number of aliphatic hydroxyl groups excluding tert-OH is 1. The largest absolute Gasteiger partial charge is 0.388 e. The molecule has 0 bridgehead atoms. The van der Waals surface area contributed by atoms with Gasteiger partial charge in [-0.1, -0.05) is 12.5 Å². The molecule has 8 heteroatoms. The summed E-state index contributed by atoms with van der Waals surface area (Å²) >= 11 is 0. The van der Waals surface area contributed by atoms with Crippen molar-refractivity contribution in [3.63, 3.8) is 0 Å². The predicted molar refractivity (Wildman–Crippen MR) is 83.2 cm³/mol. The summed E-state index contributed by atoms with van der Waals surface area (Å²) in [6, 6.07) is 4.40. The van der Waals surface area contributed by atoms with Crippen LogP contribution in [-0.4, -0.2) is 22.5 Å². The van der Waals surface area contributed by atoms with E-state index in [9.17, 15) is 24.5 Å². The number of nitro benzene ring substituents is 1. The number of nitrogens with one attached hydrogen (secondary N) is 2. The van der Waals surface area contributed by atoms with E-state index in [1.807, 2.05) is 0 Å². The third kappa shape index (κ3) is 6.70. The minimum atomic E-state index is -0.963. The van der Waals surface area contributed by atoms with Crippen LogP contribution in [0.3, 0.4) is 0 Å². The molecule has 0 aliphatic rings. The van der Waals surface area contributed by atoms with Gasteiger partial charge in [-0.3, -0.25) is 14.9 Å². The van der Waals surface area contributed by atoms with Crippen LogP contribution in [0.2, 0.25) is 0 Å². The molecular weight excluding hydrogens is 305 g/mol. The zero-order valence-electron chi connectivity index (χ0n) is 13.0. The highest BCUT2D eigenvalue weighted by Crippen LogP contribution is 2.26. The van der Waals surface area contributed by atoms with Gasteiger partial charge in [0.2, 0.25) is 5.91 Å². The zero-order chi connectivity index (χ0) is 17.2. The van der Waals surface area contributed by atoms with Crippen LogP contribution >= 0.6 is 0 Å². The maximum absolute atomic E-state index is 11.7. The van der Waals surface area contributed by atoms with E-state index in [2.05, 4.69) is 5.32 Å². The monoisotopic (exact) mass is 327 g/mol. The lowest BCUT2D eigenvalue weighted by Gasteiger charge is -2.10. The van der Waals surface area contributed by atoms with Crippen LogP contribution in [0, 0.1) is 10.1 Å². The third-order valence-electron chi connectivity index (χ3n) is 3.40. The van der Waals surface area contributed by atoms with Crippen LogP contribution < -0.4 is 10.9 Å². The van der Waals surface area contributed by atoms with Crippen LogP contribution in [0.15, 0.2) is 18.2 Å². The molecule has 0 saturated heterocycles. The summed E-state index contributed by atoms with van der Waals surface area (Å²) in [6.45, 7) is 1.98. The van der Waals surface area contributed by atoms with Gasteiger partial charge in [0.25, 0.3) is 5.69 Å². The minimum Gasteiger partial charge on any atom is -0.388 e. The molecule has 0 aromatic heterocycles. The molecule has 1 aromatic rings. The molecule has 0 saturated carbocycles. The van der Waals surface area contributed by atoms with Gasteiger partial charge in [0.1, 0.15) is 0 Å². The van der Waals surface area contributed by atoms with Crippen molar-refractivity contribution in [3.8, 4) is 0 Å². The van der Waals surface area contributed by atoms with Crippen LogP contribution in [-0.2, 0) is 11.3 Å². The van der Waals surface area contributed by atoms with Crippen LogP contribution in [0.5, 0.6) is 0 Å². The predicted octanol–water partition coefficient (Wildman–Crippen LogP) is 2.30. The molecule has 1 aromatic carbocycles. The van der Waals surface area contributed by atoms with Gasteiger partial charge in [-0.05, 0) is 31.4 Å². The summed E-state index contributed by atoms with van der Waals surface area (Å²) in [7, 11) is 0. The first-order chi connectivity index (χ1) is 11.0. The number of rotatable bonds is 10. The summed E-state index contributed by atoms with van der Waals surface area (Å²) in [5.74, 6) is -0.129. The number of aliphatic hydroxyl groups is 1. The molecule has 0 heterocycles. The molecule has 1 amide bonds. The van der Waals surface area contributed by atoms with Crippen molar-refractivity contribution in [2.24, 2.45) is 0 Å². The van der Waals surface area contributed by atoms with E-state index >= 15 is 0 Å². The van der Waals surface area contributed by atoms with Crippen LogP contribution in [0.1, 0.15) is 49.8 Å². The third-order valence-corrected chi connectivity index (χ3v) is 3.40. The fourth-order valence-corrected chi connectivity index (χ4v) is 2.16. The number of hydrogen-bond donors (Lipinski definition) is 3. The molecule has 0 radical (unpaired) electrons. The van der Waals surface area contributed by atoms with E-state index in [4.69, 9.17) is 0 Å². The van der Waals surface area contributed by atoms with E-state index in [1.54, 1.807) is 11.6 Å². The Morgan fingerprint density at radius 1 is 1.39 bits per heavy atom. The fraction of sp³-hybridized carbons (Fsp3) is 0.533. The van der Waals surface area contributed by atoms with Gasteiger partial charge in [-0.2, -0.15) is 5.54 Å². The summed E-state index contributed by atoms with van der Waals surface area (Å²) in [6.07, 6.45) is 1.49. The molecule has 0 spiro atoms. The van der Waals surface area contributed by atoms with E-state index in [1.165, 1.54) is 19.1 Å². The van der Waals surface area contributed by atoms with E-state index < -0.39 is 11.0 Å². The first-order valence-corrected chi connectivity index (χ1v) is 7.51. The maximum Gasteiger partial charge on any atom is 0.275 e. The second-order valence-electron chi connectivity index (χ2n) is 5.30. The maximum atomic E-state index is 11.7. The van der Waals surface area contributed by atoms with Gasteiger partial charge in [-0.25, -0.2) is 0 Å². The lowest BCUT2D eigenvalue weighted by Crippen LogP contribution is -2.22. The highest BCUT2D eigenvalue weighted by Gasteiger charge is 2.17. The minimum absolute atomic E-state index is 0.129. The molecule has 128 valence electrons. The van der Waals surface area contributed by atoms with Gasteiger partial charge in [0.15, 0.2) is 0 Å². The quantitative estimate of drug-likeness (QED) is 0.265. The number of nitrogens with zero attached hydrogens (tertiary/aromatic N) is 1. The standard InChI is InChI=1S/C15H22FN3O4/c1-11(20)13-9-12(6-7-14(13)19(22)23)10-17-15(21)5-3-2-4-8-18-16/h6-7,9,11,18,20H,2-5,8,10H2,1H3,(H,17,21). The Morgan fingerprint density at radius 2 is 2.13 bits per heavy atom. The highest BCUT2D eigenvalue weighted by atomic mass is 19.2. The van der Waals surface area contributed by atoms with Crippen LogP contribution in [0.25, 0.3) is 0 Å². The number of amides is 1. The fourth-order valence-electron chi connectivity index (χ4n) is 2.16. The van der Waals surface area contributed by atoms with Crippen molar-refractivity contribution in [2.45, 2.75) is 45.3 Å². The van der Waals surface area contributed by atoms with Crippen molar-refractivity contribution in [1.29, 1.82) is 0 Å². The average Bonchev–Trinajstić information content (AvgIpc) is 2.52. The van der Waals surface area contributed by atoms with Gasteiger partial charge in [0.05, 0.1) is 16.6 Å². The number of benzene rings is 1. The summed E-state index contributed by atoms with van der Waals surface area (Å²) in [5.41, 5.74) is 2.32. The topological polar surface area (TPSA) is 104 Å². The van der Waals surface area contributed by atoms with Crippen molar-refractivity contribution in [2.75, 3.05) is 6.54 Å². The second kappa shape index (κ2) is 9.86. The van der Waals surface area contributed by atoms with Gasteiger partial charge in [0, 0.05) is 25.6 Å². The molecule has 23 heavy (non-hydrogen) atoms. The molecule has 7 nitrogen and oxygen atoms in total. The number of halogens is 1. The first kappa shape index (κ1) is 19.0. The molecule has 0 fully saturated rings. The Bertz CT molecular complexity index is 537. The molecule has 1 atom stereocenters. The SMILES string of the molecule is CC(O)c1cc(CNC(=O)CCCCCNF)ccc1[N+](=O)[O-]. The van der Waals surface area contributed by atoms with Crippen molar-refractivity contribution >= 4 is 11.6 Å². The van der Waals surface area contributed by atoms with Crippen molar-refractivity contribution < 1.29 is 19.3 Å². The van der Waals surface area contributed by atoms with Gasteiger partial charge < -0.3 is 10.4 Å². The van der Waals surface area contributed by atoms with Crippen molar-refractivity contribution in [3.05, 3.63) is 39.4 Å². The Morgan fingerprint density at radius 3 is 2.74 bits per heavy atom. The number of nitro groups is 1. The zero-order valence-corrected chi connectivity index (χ0v) is 13.0. The normalized spacial score (nSPS) is 12.0. The molecule has 1 rings (SSSR count). The molecule has 0 aliphatic heterocycles. The van der Waals surface area contributed by atoms with E-state index in [-0.39, 0.29) is 30.2 Å². The smallest absolute Gasteiger partial charge is 0.275 e. The van der Waals surface area contributed by atoms with E-state index in [0.717, 1.165) is 6.42 Å². The Labute approximate surface area is 134 Å². The van der Waals surface area contributed by atoms with Crippen LogP contribution in [0.4, 0.5) is 10.2 Å². The number of hydrogen-bond acceptors (Lipinski definition) is 5. The number of carbonyl (C=O) groups excluding carboxylic acids is 1. The highest BCUT2D eigenvalue weighted by molar-refractivity contribution is 5.75. The summed E-state index contributed by atoms with van der Waals surface area (Å²) in [5, 5.41) is 23.2. The Hall–Kier alpha value is -2.06. The number of carbonyl (C=O) groups is 1. The second-order valence-corrected chi connectivity index (χ2v) is 5.30. The molecular formula is C15H22FN3O4. The summed E-state index contributed by atoms with van der Waals surface area (Å²) < 4.78 is 11.7. The lowest BCUT2D eigenvalue weighted by atomic mass is 10.0. The molecule has 0 aliphatic carbocycles. The van der Waals surface area contributed by atoms with Gasteiger partial charge in [-0.15, -0.1) is 4.48 Å². The Balaban J connectivity index is 2.50. The molecule has 3 N–H and O–H groups in total. The number of unbranched alkanes of at least 4 members (excludes halogenated alkanes) is 2.